The molecular weight excluding hydrogens is 811 g/mol. The fraction of sp³-hybridized carbons (Fsp3) is 0.250. The summed E-state index contributed by atoms with van der Waals surface area (Å²) in [6.07, 6.45) is 13.5. The van der Waals surface area contributed by atoms with Crippen molar-refractivity contribution < 1.29 is 0 Å². The number of anilines is 6. The van der Waals surface area contributed by atoms with Crippen LogP contribution >= 0.6 is 0 Å². The van der Waals surface area contributed by atoms with Crippen LogP contribution in [0, 0.1) is 23.7 Å². The van der Waals surface area contributed by atoms with Crippen LogP contribution in [0.2, 0.25) is 0 Å². The molecule has 5 aliphatic rings. The highest BCUT2D eigenvalue weighted by Crippen LogP contribution is 2.65. The van der Waals surface area contributed by atoms with Gasteiger partial charge in [0.15, 0.2) is 0 Å². The number of rotatable bonds is 10. The predicted molar refractivity (Wildman–Crippen MR) is 280 cm³/mol. The molecule has 5 aliphatic carbocycles. The van der Waals surface area contributed by atoms with Gasteiger partial charge >= 0.3 is 0 Å². The molecule has 0 amide bonds. The Morgan fingerprint density at radius 2 is 0.821 bits per heavy atom. The fourth-order valence-corrected chi connectivity index (χ4v) is 14.1. The number of para-hydroxylation sites is 4. The zero-order valence-corrected chi connectivity index (χ0v) is 38.4. The van der Waals surface area contributed by atoms with Gasteiger partial charge in [-0.05, 0) is 182 Å². The molecule has 3 nitrogen and oxygen atoms in total. The number of nitrogens with zero attached hydrogens (tertiary/aromatic N) is 3. The standard InChI is InChI=1S/C64H59N3/c1-5-15-47(16-6-1)48-25-31-56(32-26-48)65(53-17-7-2-8-18-53)57-33-27-49(28-34-57)64(51-40-45-39-46(42-51)43-52(64)41-45)50-29-35-58(36-30-50)66(54-19-9-3-10-20-54)59-37-38-61-60-23-13-14-24-62(60)67(63(61)44-59)55-21-11-4-12-22-55/h2-4,7-14,17-38,44-47,51-52H,1,5-6,15-16,39-43H2. The van der Waals surface area contributed by atoms with Gasteiger partial charge in [0.05, 0.1) is 11.0 Å². The van der Waals surface area contributed by atoms with E-state index < -0.39 is 0 Å². The molecule has 0 radical (unpaired) electrons. The lowest BCUT2D eigenvalue weighted by Gasteiger charge is -2.62. The molecule has 0 spiro atoms. The van der Waals surface area contributed by atoms with E-state index in [1.165, 1.54) is 131 Å². The summed E-state index contributed by atoms with van der Waals surface area (Å²) >= 11 is 0. The maximum Gasteiger partial charge on any atom is 0.0561 e. The van der Waals surface area contributed by atoms with Crippen molar-refractivity contribution in [3.05, 3.63) is 223 Å². The average molecular weight is 870 g/mol. The van der Waals surface area contributed by atoms with Crippen molar-refractivity contribution in [2.45, 2.75) is 75.5 Å². The summed E-state index contributed by atoms with van der Waals surface area (Å²) in [6, 6.07) is 77.9. The Hall–Kier alpha value is -6.84. The summed E-state index contributed by atoms with van der Waals surface area (Å²) in [4.78, 5) is 4.91. The van der Waals surface area contributed by atoms with E-state index in [1.807, 2.05) is 0 Å². The van der Waals surface area contributed by atoms with Gasteiger partial charge in [0, 0.05) is 56.0 Å². The smallest absolute Gasteiger partial charge is 0.0561 e. The molecule has 67 heavy (non-hydrogen) atoms. The Balaban J connectivity index is 0.897. The van der Waals surface area contributed by atoms with E-state index in [1.54, 1.807) is 0 Å². The Kier molecular flexibility index (Phi) is 10.1. The highest BCUT2D eigenvalue weighted by Gasteiger charge is 2.58. The maximum atomic E-state index is 2.52. The number of fused-ring (bicyclic) bond motifs is 3. The van der Waals surface area contributed by atoms with Gasteiger partial charge in [0.1, 0.15) is 0 Å². The lowest BCUT2D eigenvalue weighted by atomic mass is 9.42. The third-order valence-corrected chi connectivity index (χ3v) is 16.8. The first-order valence-electron chi connectivity index (χ1n) is 25.3. The SMILES string of the molecule is c1ccc(N(c2ccc(C3CCCCC3)cc2)c2ccc(C3(c4ccc(N(c5ccccc5)c5ccc6c7ccccc7n(-c7ccccc7)c6c5)cc4)C4CC5CC(C4)CC3C5)cc2)cc1. The average Bonchev–Trinajstić information content (AvgIpc) is 3.72. The summed E-state index contributed by atoms with van der Waals surface area (Å²) in [7, 11) is 0. The Bertz CT molecular complexity index is 3120. The minimum absolute atomic E-state index is 0.0171. The van der Waals surface area contributed by atoms with Crippen molar-refractivity contribution >= 4 is 55.9 Å². The lowest BCUT2D eigenvalue weighted by molar-refractivity contribution is -0.0418. The van der Waals surface area contributed by atoms with Gasteiger partial charge < -0.3 is 14.4 Å². The first-order chi connectivity index (χ1) is 33.2. The van der Waals surface area contributed by atoms with E-state index in [0.29, 0.717) is 17.8 Å². The van der Waals surface area contributed by atoms with Gasteiger partial charge in [-0.15, -0.1) is 0 Å². The Labute approximate surface area is 396 Å². The third-order valence-electron chi connectivity index (χ3n) is 16.8. The van der Waals surface area contributed by atoms with Crippen LogP contribution in [-0.2, 0) is 5.41 Å². The van der Waals surface area contributed by atoms with E-state index in [4.69, 9.17) is 0 Å². The largest absolute Gasteiger partial charge is 0.311 e. The topological polar surface area (TPSA) is 11.4 Å². The minimum Gasteiger partial charge on any atom is -0.311 e. The molecule has 0 atom stereocenters. The summed E-state index contributed by atoms with van der Waals surface area (Å²) in [6.45, 7) is 0. The summed E-state index contributed by atoms with van der Waals surface area (Å²) in [5.74, 6) is 3.72. The zero-order chi connectivity index (χ0) is 44.3. The molecule has 0 saturated heterocycles. The molecule has 5 fully saturated rings. The first kappa shape index (κ1) is 40.4. The van der Waals surface area contributed by atoms with E-state index >= 15 is 0 Å². The van der Waals surface area contributed by atoms with Crippen LogP contribution in [0.25, 0.3) is 27.5 Å². The normalized spacial score (nSPS) is 22.3. The summed E-state index contributed by atoms with van der Waals surface area (Å²) < 4.78 is 2.43. The van der Waals surface area contributed by atoms with Crippen LogP contribution in [0.1, 0.15) is 86.8 Å². The second-order valence-electron chi connectivity index (χ2n) is 20.4. The second kappa shape index (κ2) is 16.8. The van der Waals surface area contributed by atoms with Crippen LogP contribution in [0.3, 0.4) is 0 Å². The molecule has 1 heterocycles. The van der Waals surface area contributed by atoms with Crippen LogP contribution in [-0.4, -0.2) is 4.57 Å². The molecule has 0 aliphatic heterocycles. The van der Waals surface area contributed by atoms with Gasteiger partial charge in [-0.3, -0.25) is 0 Å². The van der Waals surface area contributed by atoms with Crippen LogP contribution in [0.4, 0.5) is 34.1 Å². The maximum absolute atomic E-state index is 2.52. The summed E-state index contributed by atoms with van der Waals surface area (Å²) in [5, 5.41) is 2.54. The number of hydrogen-bond acceptors (Lipinski definition) is 2. The zero-order valence-electron chi connectivity index (χ0n) is 38.4. The highest BCUT2D eigenvalue weighted by atomic mass is 15.1. The fourth-order valence-electron chi connectivity index (χ4n) is 14.1. The van der Waals surface area contributed by atoms with Crippen LogP contribution < -0.4 is 9.80 Å². The van der Waals surface area contributed by atoms with Crippen molar-refractivity contribution in [3.8, 4) is 5.69 Å². The van der Waals surface area contributed by atoms with Gasteiger partial charge in [0.25, 0.3) is 0 Å². The lowest BCUT2D eigenvalue weighted by Crippen LogP contribution is -2.56. The number of aromatic nitrogens is 1. The van der Waals surface area contributed by atoms with E-state index in [9.17, 15) is 0 Å². The van der Waals surface area contributed by atoms with Gasteiger partial charge in [0.2, 0.25) is 0 Å². The molecule has 5 saturated carbocycles. The first-order valence-corrected chi connectivity index (χ1v) is 25.3. The minimum atomic E-state index is -0.0171. The molecule has 1 aromatic heterocycles. The monoisotopic (exact) mass is 869 g/mol. The molecule has 0 N–H and O–H groups in total. The Morgan fingerprint density at radius 1 is 0.373 bits per heavy atom. The van der Waals surface area contributed by atoms with E-state index in [2.05, 4.69) is 221 Å². The molecule has 330 valence electrons. The highest BCUT2D eigenvalue weighted by molar-refractivity contribution is 6.10. The molecule has 14 rings (SSSR count). The summed E-state index contributed by atoms with van der Waals surface area (Å²) in [5.41, 5.74) is 15.2. The predicted octanol–water partition coefficient (Wildman–Crippen LogP) is 17.5. The van der Waals surface area contributed by atoms with Crippen LogP contribution in [0.15, 0.2) is 206 Å². The molecule has 8 aromatic carbocycles. The third kappa shape index (κ3) is 6.92. The van der Waals surface area contributed by atoms with E-state index in [0.717, 1.165) is 23.2 Å². The van der Waals surface area contributed by atoms with Crippen molar-refractivity contribution in [2.75, 3.05) is 9.80 Å². The van der Waals surface area contributed by atoms with Gasteiger partial charge in [-0.25, -0.2) is 0 Å². The molecule has 9 aromatic rings. The van der Waals surface area contributed by atoms with Crippen molar-refractivity contribution in [3.63, 3.8) is 0 Å². The second-order valence-corrected chi connectivity index (χ2v) is 20.4. The Morgan fingerprint density at radius 3 is 1.39 bits per heavy atom. The van der Waals surface area contributed by atoms with Gasteiger partial charge in [-0.2, -0.15) is 0 Å². The van der Waals surface area contributed by atoms with Crippen molar-refractivity contribution in [2.24, 2.45) is 23.7 Å². The molecule has 4 bridgehead atoms. The number of benzene rings is 8. The van der Waals surface area contributed by atoms with E-state index in [-0.39, 0.29) is 5.41 Å². The quantitative estimate of drug-likeness (QED) is 0.136. The van der Waals surface area contributed by atoms with Crippen molar-refractivity contribution in [1.82, 2.24) is 4.57 Å². The van der Waals surface area contributed by atoms with Crippen molar-refractivity contribution in [1.29, 1.82) is 0 Å². The number of hydrogen-bond donors (Lipinski definition) is 0. The molecular formula is C64H59N3. The van der Waals surface area contributed by atoms with Gasteiger partial charge in [-0.1, -0.05) is 135 Å². The molecule has 0 unspecified atom stereocenters. The molecule has 3 heteroatoms. The van der Waals surface area contributed by atoms with Crippen LogP contribution in [0.5, 0.6) is 0 Å².